The molecular formula is C30H43N3O12S. The van der Waals surface area contributed by atoms with Gasteiger partial charge in [0.25, 0.3) is 5.91 Å². The third-order valence-electron chi connectivity index (χ3n) is 6.62. The molecule has 6 atom stereocenters. The molecule has 0 aromatic heterocycles. The third-order valence-corrected chi connectivity index (χ3v) is 6.98. The van der Waals surface area contributed by atoms with Gasteiger partial charge in [-0.2, -0.15) is 12.6 Å². The highest BCUT2D eigenvalue weighted by atomic mass is 32.1. The Labute approximate surface area is 272 Å². The fourth-order valence-corrected chi connectivity index (χ4v) is 4.23. The van der Waals surface area contributed by atoms with Crippen LogP contribution in [0.4, 0.5) is 0 Å². The summed E-state index contributed by atoms with van der Waals surface area (Å²) >= 11 is 3.90. The summed E-state index contributed by atoms with van der Waals surface area (Å²) in [7, 11) is 0. The maximum absolute atomic E-state index is 13.5. The van der Waals surface area contributed by atoms with Crippen LogP contribution in [0, 0.1) is 11.8 Å². The van der Waals surface area contributed by atoms with E-state index >= 15 is 0 Å². The largest absolute Gasteiger partial charge is 0.481 e. The summed E-state index contributed by atoms with van der Waals surface area (Å²) in [5, 5.41) is 35.8. The number of esters is 2. The van der Waals surface area contributed by atoms with Crippen molar-refractivity contribution in [3.63, 3.8) is 0 Å². The molecule has 0 aliphatic rings. The molecule has 0 heterocycles. The SMILES string of the molecule is CC(C)C(OC(=O)C(NC(=O)Cc1ccccc1)C(C)OC(=O)CCC(=O)O)C(=O)NC(C(=O)NC(CS)C(=O)O)C(O)C(C)C. The maximum Gasteiger partial charge on any atom is 0.333 e. The van der Waals surface area contributed by atoms with Gasteiger partial charge < -0.3 is 40.7 Å². The van der Waals surface area contributed by atoms with Crippen LogP contribution in [0.3, 0.4) is 0 Å². The van der Waals surface area contributed by atoms with E-state index in [2.05, 4.69) is 28.6 Å². The second kappa shape index (κ2) is 19.4. The Hall–Kier alpha value is -4.18. The van der Waals surface area contributed by atoms with E-state index in [0.29, 0.717) is 5.56 Å². The van der Waals surface area contributed by atoms with Crippen LogP contribution in [0.25, 0.3) is 0 Å². The number of carboxylic acids is 2. The Balaban J connectivity index is 3.26. The van der Waals surface area contributed by atoms with E-state index < -0.39 is 103 Å². The molecule has 0 bridgehead atoms. The lowest BCUT2D eigenvalue weighted by Crippen LogP contribution is -2.60. The summed E-state index contributed by atoms with van der Waals surface area (Å²) in [6.07, 6.45) is -5.63. The third kappa shape index (κ3) is 13.4. The van der Waals surface area contributed by atoms with Crippen LogP contribution in [-0.4, -0.2) is 99.1 Å². The molecule has 0 aliphatic heterocycles. The van der Waals surface area contributed by atoms with Crippen molar-refractivity contribution in [3.8, 4) is 0 Å². The smallest absolute Gasteiger partial charge is 0.333 e. The fraction of sp³-hybridized carbons (Fsp3) is 0.567. The predicted octanol–water partition coefficient (Wildman–Crippen LogP) is 0.0791. The van der Waals surface area contributed by atoms with Crippen LogP contribution < -0.4 is 16.0 Å². The van der Waals surface area contributed by atoms with Crippen molar-refractivity contribution < 1.29 is 58.4 Å². The summed E-state index contributed by atoms with van der Waals surface area (Å²) in [4.78, 5) is 87.2. The Bertz CT molecular complexity index is 1230. The van der Waals surface area contributed by atoms with Crippen LogP contribution >= 0.6 is 12.6 Å². The predicted molar refractivity (Wildman–Crippen MR) is 165 cm³/mol. The molecule has 0 aliphatic carbocycles. The van der Waals surface area contributed by atoms with Gasteiger partial charge in [-0.15, -0.1) is 0 Å². The number of carbonyl (C=O) groups is 7. The van der Waals surface area contributed by atoms with Gasteiger partial charge in [-0.3, -0.25) is 24.0 Å². The summed E-state index contributed by atoms with van der Waals surface area (Å²) in [6, 6.07) is 3.80. The van der Waals surface area contributed by atoms with E-state index in [4.69, 9.17) is 14.6 Å². The minimum atomic E-state index is -1.65. The lowest BCUT2D eigenvalue weighted by Gasteiger charge is -2.30. The summed E-state index contributed by atoms with van der Waals surface area (Å²) in [5.74, 6) is -9.03. The van der Waals surface area contributed by atoms with Crippen molar-refractivity contribution in [2.45, 2.75) is 90.3 Å². The maximum atomic E-state index is 13.5. The molecule has 0 radical (unpaired) electrons. The Kier molecular flexibility index (Phi) is 16.8. The van der Waals surface area contributed by atoms with Gasteiger partial charge in [0.2, 0.25) is 11.8 Å². The minimum Gasteiger partial charge on any atom is -0.481 e. The van der Waals surface area contributed by atoms with Gasteiger partial charge >= 0.3 is 23.9 Å². The topological polar surface area (TPSA) is 235 Å². The number of hydrogen-bond acceptors (Lipinski definition) is 11. The normalized spacial score (nSPS) is 15.0. The number of ether oxygens (including phenoxy) is 2. The minimum absolute atomic E-state index is 0.161. The fourth-order valence-electron chi connectivity index (χ4n) is 3.98. The van der Waals surface area contributed by atoms with E-state index in [9.17, 15) is 43.8 Å². The Morgan fingerprint density at radius 2 is 1.39 bits per heavy atom. The number of thiol groups is 1. The van der Waals surface area contributed by atoms with Gasteiger partial charge in [-0.1, -0.05) is 58.0 Å². The van der Waals surface area contributed by atoms with Crippen molar-refractivity contribution in [1.29, 1.82) is 0 Å². The van der Waals surface area contributed by atoms with Gasteiger partial charge in [0.1, 0.15) is 18.2 Å². The number of aliphatic hydroxyl groups is 1. The Morgan fingerprint density at radius 3 is 1.89 bits per heavy atom. The van der Waals surface area contributed by atoms with E-state index in [1.54, 1.807) is 44.2 Å². The van der Waals surface area contributed by atoms with Crippen molar-refractivity contribution >= 4 is 54.2 Å². The number of aliphatic carboxylic acids is 2. The number of nitrogens with one attached hydrogen (secondary N) is 3. The molecule has 0 fully saturated rings. The molecule has 6 unspecified atom stereocenters. The molecule has 6 N–H and O–H groups in total. The van der Waals surface area contributed by atoms with Gasteiger partial charge in [-0.25, -0.2) is 9.59 Å². The number of rotatable bonds is 19. The van der Waals surface area contributed by atoms with E-state index in [-0.39, 0.29) is 12.2 Å². The summed E-state index contributed by atoms with van der Waals surface area (Å²) < 4.78 is 10.7. The monoisotopic (exact) mass is 669 g/mol. The molecule has 46 heavy (non-hydrogen) atoms. The summed E-state index contributed by atoms with van der Waals surface area (Å²) in [6.45, 7) is 7.44. The van der Waals surface area contributed by atoms with E-state index in [1.807, 2.05) is 0 Å². The van der Waals surface area contributed by atoms with E-state index in [1.165, 1.54) is 20.8 Å². The van der Waals surface area contributed by atoms with Crippen LogP contribution in [0.2, 0.25) is 0 Å². The molecule has 15 nitrogen and oxygen atoms in total. The highest BCUT2D eigenvalue weighted by Gasteiger charge is 2.39. The lowest BCUT2D eigenvalue weighted by molar-refractivity contribution is -0.168. The molecule has 3 amide bonds. The standard InChI is InChI=1S/C30H43N3O12S/c1-15(2)25(38)24(27(39)31-19(14-46)29(41)42)33-28(40)26(16(3)4)45-30(43)23(17(5)44-22(37)12-11-21(35)36)32-20(34)13-18-9-7-6-8-10-18/h6-10,15-17,19,23-26,38,46H,11-14H2,1-5H3,(H,31,39)(H,32,34)(H,33,40)(H,35,36)(H,41,42). The molecule has 1 rings (SSSR count). The number of hydrogen-bond donors (Lipinski definition) is 7. The first kappa shape index (κ1) is 39.8. The first-order valence-corrected chi connectivity index (χ1v) is 15.2. The molecule has 256 valence electrons. The Morgan fingerprint density at radius 1 is 0.783 bits per heavy atom. The van der Waals surface area contributed by atoms with Crippen molar-refractivity contribution in [1.82, 2.24) is 16.0 Å². The van der Waals surface area contributed by atoms with Gasteiger partial charge in [0.15, 0.2) is 12.1 Å². The highest BCUT2D eigenvalue weighted by molar-refractivity contribution is 7.80. The average molecular weight is 670 g/mol. The van der Waals surface area contributed by atoms with Crippen molar-refractivity contribution in [2.75, 3.05) is 5.75 Å². The second-order valence-electron chi connectivity index (χ2n) is 11.2. The van der Waals surface area contributed by atoms with Crippen LogP contribution in [-0.2, 0) is 49.5 Å². The second-order valence-corrected chi connectivity index (χ2v) is 11.6. The van der Waals surface area contributed by atoms with Crippen LogP contribution in [0.5, 0.6) is 0 Å². The zero-order chi connectivity index (χ0) is 35.1. The lowest BCUT2D eigenvalue weighted by atomic mass is 9.97. The highest BCUT2D eigenvalue weighted by Crippen LogP contribution is 2.15. The average Bonchev–Trinajstić information content (AvgIpc) is 2.98. The van der Waals surface area contributed by atoms with Crippen molar-refractivity contribution in [3.05, 3.63) is 35.9 Å². The first-order valence-electron chi connectivity index (χ1n) is 14.6. The molecular weight excluding hydrogens is 626 g/mol. The quantitative estimate of drug-likeness (QED) is 0.0766. The van der Waals surface area contributed by atoms with Gasteiger partial charge in [0.05, 0.1) is 25.4 Å². The zero-order valence-electron chi connectivity index (χ0n) is 26.3. The van der Waals surface area contributed by atoms with Gasteiger partial charge in [-0.05, 0) is 24.3 Å². The molecule has 0 saturated carbocycles. The van der Waals surface area contributed by atoms with E-state index in [0.717, 1.165) is 0 Å². The number of aliphatic hydroxyl groups excluding tert-OH is 1. The first-order chi connectivity index (χ1) is 21.5. The molecule has 16 heteroatoms. The summed E-state index contributed by atoms with van der Waals surface area (Å²) in [5.41, 5.74) is 0.605. The zero-order valence-corrected chi connectivity index (χ0v) is 27.2. The number of carboxylic acid groups (broad SMARTS) is 2. The molecule has 1 aromatic carbocycles. The van der Waals surface area contributed by atoms with Gasteiger partial charge in [0, 0.05) is 5.75 Å². The van der Waals surface area contributed by atoms with Crippen LogP contribution in [0.1, 0.15) is 53.0 Å². The molecule has 0 spiro atoms. The van der Waals surface area contributed by atoms with Crippen molar-refractivity contribution in [2.24, 2.45) is 11.8 Å². The van der Waals surface area contributed by atoms with Crippen LogP contribution in [0.15, 0.2) is 30.3 Å². The molecule has 1 aromatic rings. The molecule has 0 saturated heterocycles. The number of benzene rings is 1. The number of amides is 3. The number of carbonyl (C=O) groups excluding carboxylic acids is 5.